The first-order chi connectivity index (χ1) is 14.3. The molecule has 8 nitrogen and oxygen atoms in total. The normalized spacial score (nSPS) is 14.9. The van der Waals surface area contributed by atoms with Crippen LogP contribution in [0.25, 0.3) is 0 Å². The Morgan fingerprint density at radius 2 is 1.57 bits per heavy atom. The fourth-order valence-electron chi connectivity index (χ4n) is 3.38. The van der Waals surface area contributed by atoms with Gasteiger partial charge in [0.1, 0.15) is 11.6 Å². The predicted octanol–water partition coefficient (Wildman–Crippen LogP) is 1.58. The van der Waals surface area contributed by atoms with Gasteiger partial charge in [0.15, 0.2) is 0 Å². The van der Waals surface area contributed by atoms with Crippen LogP contribution in [-0.4, -0.2) is 82.9 Å². The fourth-order valence-corrected chi connectivity index (χ4v) is 7.20. The Balaban J connectivity index is 4.79. The molecule has 182 valence electrons. The van der Waals surface area contributed by atoms with Crippen molar-refractivity contribution in [1.29, 1.82) is 0 Å². The van der Waals surface area contributed by atoms with Crippen LogP contribution in [-0.2, 0) is 27.5 Å². The van der Waals surface area contributed by atoms with Gasteiger partial charge in [-0.3, -0.25) is 5.32 Å². The molecule has 0 fully saturated rings. The molecule has 0 bridgehead atoms. The molecule has 0 rings (SSSR count). The first-order valence-electron chi connectivity index (χ1n) is 11.6. The molecule has 10 heteroatoms. The molecule has 0 aliphatic rings. The van der Waals surface area contributed by atoms with E-state index >= 15 is 0 Å². The Hall–Kier alpha value is 0.114. The summed E-state index contributed by atoms with van der Waals surface area (Å²) in [7, 11) is -1.94. The molecule has 3 N–H and O–H groups in total. The van der Waals surface area contributed by atoms with Crippen LogP contribution in [0.3, 0.4) is 0 Å². The lowest BCUT2D eigenvalue weighted by molar-refractivity contribution is -0.194. The number of nitrogens with one attached hydrogen (secondary N) is 1. The molecule has 0 aliphatic heterocycles. The molecule has 0 aromatic carbocycles. The first kappa shape index (κ1) is 30.1. The van der Waals surface area contributed by atoms with Crippen molar-refractivity contribution in [3.63, 3.8) is 0 Å². The maximum absolute atomic E-state index is 6.36. The van der Waals surface area contributed by atoms with Crippen molar-refractivity contribution in [1.82, 2.24) is 5.32 Å². The standard InChI is InChI=1S/C20H48N2O6Si2/c1-7-23-19(17-20(29,24-8-2)25-9-3)22-15-13-18(6)28-30(26-10-4,27-11-5)16-12-14-21/h18-19,22H,7-17,21H2,1-6,29H3. The Morgan fingerprint density at radius 1 is 0.967 bits per heavy atom. The smallest absolute Gasteiger partial charge is 0.374 e. The minimum atomic E-state index is -2.71. The van der Waals surface area contributed by atoms with Crippen molar-refractivity contribution >= 4 is 19.0 Å². The first-order valence-corrected chi connectivity index (χ1v) is 14.6. The summed E-state index contributed by atoms with van der Waals surface area (Å²) >= 11 is 0. The summed E-state index contributed by atoms with van der Waals surface area (Å²) in [6, 6.07) is 0.746. The molecule has 0 aromatic heterocycles. The quantitative estimate of drug-likeness (QED) is 0.194. The van der Waals surface area contributed by atoms with E-state index in [4.69, 9.17) is 33.2 Å². The molecule has 0 amide bonds. The minimum absolute atomic E-state index is 0.00172. The van der Waals surface area contributed by atoms with Crippen molar-refractivity contribution in [3.8, 4) is 0 Å². The number of ether oxygens (including phenoxy) is 3. The summed E-state index contributed by atoms with van der Waals surface area (Å²) in [6.45, 7) is 16.4. The topological polar surface area (TPSA) is 93.4 Å². The van der Waals surface area contributed by atoms with E-state index in [1.54, 1.807) is 0 Å². The van der Waals surface area contributed by atoms with Crippen LogP contribution < -0.4 is 11.1 Å². The second-order valence-corrected chi connectivity index (χ2v) is 11.5. The van der Waals surface area contributed by atoms with Crippen LogP contribution in [0.2, 0.25) is 6.04 Å². The highest BCUT2D eigenvalue weighted by Gasteiger charge is 2.41. The summed E-state index contributed by atoms with van der Waals surface area (Å²) in [5.74, 6) is 0. The maximum atomic E-state index is 6.36. The van der Waals surface area contributed by atoms with Gasteiger partial charge in [-0.25, -0.2) is 0 Å². The van der Waals surface area contributed by atoms with Crippen LogP contribution in [0.4, 0.5) is 0 Å². The molecule has 30 heavy (non-hydrogen) atoms. The maximum Gasteiger partial charge on any atom is 0.501 e. The Kier molecular flexibility index (Phi) is 17.7. The lowest BCUT2D eigenvalue weighted by atomic mass is 10.2. The minimum Gasteiger partial charge on any atom is -0.374 e. The van der Waals surface area contributed by atoms with Gasteiger partial charge in [0.05, 0.1) is 10.2 Å². The predicted molar refractivity (Wildman–Crippen MR) is 127 cm³/mol. The Bertz CT molecular complexity index is 397. The molecule has 2 unspecified atom stereocenters. The van der Waals surface area contributed by atoms with E-state index in [0.717, 1.165) is 35.7 Å². The highest BCUT2D eigenvalue weighted by atomic mass is 28.4. The number of nitrogens with two attached hydrogens (primary N) is 1. The van der Waals surface area contributed by atoms with E-state index in [1.807, 2.05) is 34.6 Å². The third-order valence-corrected chi connectivity index (χ3v) is 8.71. The molecular formula is C20H48N2O6Si2. The third kappa shape index (κ3) is 12.8. The summed E-state index contributed by atoms with van der Waals surface area (Å²) in [5.41, 5.74) is 5.17. The van der Waals surface area contributed by atoms with Crippen LogP contribution in [0.5, 0.6) is 0 Å². The van der Waals surface area contributed by atoms with Gasteiger partial charge in [0.2, 0.25) is 0 Å². The SMILES string of the molecule is CCOC(CC([SiH3])(OCC)OCC)NCCC(C)O[Si](CCCN)(OCC)OCC. The van der Waals surface area contributed by atoms with Crippen molar-refractivity contribution in [2.75, 3.05) is 46.1 Å². The molecule has 0 spiro atoms. The zero-order valence-electron chi connectivity index (χ0n) is 20.5. The number of hydrogen-bond donors (Lipinski definition) is 2. The highest BCUT2D eigenvalue weighted by molar-refractivity contribution is 6.60. The van der Waals surface area contributed by atoms with Gasteiger partial charge < -0.3 is 33.2 Å². The van der Waals surface area contributed by atoms with Crippen molar-refractivity contribution in [2.45, 2.75) is 84.6 Å². The molecule has 0 heterocycles. The third-order valence-electron chi connectivity index (χ3n) is 4.54. The van der Waals surface area contributed by atoms with Crippen LogP contribution >= 0.6 is 0 Å². The molecular weight excluding hydrogens is 420 g/mol. The zero-order valence-corrected chi connectivity index (χ0v) is 23.5. The van der Waals surface area contributed by atoms with Gasteiger partial charge in [0, 0.05) is 51.6 Å². The summed E-state index contributed by atoms with van der Waals surface area (Å²) in [6.07, 6.45) is 2.19. The molecule has 0 radical (unpaired) electrons. The molecule has 0 aliphatic carbocycles. The highest BCUT2D eigenvalue weighted by Crippen LogP contribution is 2.21. The zero-order chi connectivity index (χ0) is 22.9. The molecule has 2 atom stereocenters. The van der Waals surface area contributed by atoms with E-state index < -0.39 is 14.2 Å². The lowest BCUT2D eigenvalue weighted by Gasteiger charge is -2.34. The largest absolute Gasteiger partial charge is 0.501 e. The average molecular weight is 469 g/mol. The average Bonchev–Trinajstić information content (AvgIpc) is 2.67. The van der Waals surface area contributed by atoms with E-state index in [2.05, 4.69) is 12.2 Å². The van der Waals surface area contributed by atoms with Crippen LogP contribution in [0, 0.1) is 0 Å². The van der Waals surface area contributed by atoms with Crippen molar-refractivity contribution in [3.05, 3.63) is 0 Å². The Morgan fingerprint density at radius 3 is 2.03 bits per heavy atom. The van der Waals surface area contributed by atoms with Gasteiger partial charge in [-0.2, -0.15) is 0 Å². The summed E-state index contributed by atoms with van der Waals surface area (Å²) < 4.78 is 36.0. The van der Waals surface area contributed by atoms with Gasteiger partial charge >= 0.3 is 8.80 Å². The van der Waals surface area contributed by atoms with Crippen LogP contribution in [0.15, 0.2) is 0 Å². The van der Waals surface area contributed by atoms with Gasteiger partial charge in [-0.1, -0.05) is 0 Å². The molecule has 0 aromatic rings. The van der Waals surface area contributed by atoms with Gasteiger partial charge in [-0.05, 0) is 67.5 Å². The molecule has 0 saturated carbocycles. The molecule has 0 saturated heterocycles. The monoisotopic (exact) mass is 468 g/mol. The Labute approximate surface area is 188 Å². The van der Waals surface area contributed by atoms with E-state index in [9.17, 15) is 0 Å². The second kappa shape index (κ2) is 17.6. The fraction of sp³-hybridized carbons (Fsp3) is 1.00. The number of rotatable bonds is 21. The summed E-state index contributed by atoms with van der Waals surface area (Å²) in [5, 5.41) is 3.49. The van der Waals surface area contributed by atoms with Gasteiger partial charge in [0.25, 0.3) is 0 Å². The second-order valence-electron chi connectivity index (χ2n) is 7.26. The van der Waals surface area contributed by atoms with Crippen molar-refractivity contribution < 1.29 is 27.5 Å². The van der Waals surface area contributed by atoms with E-state index in [-0.39, 0.29) is 12.3 Å². The van der Waals surface area contributed by atoms with E-state index in [1.165, 1.54) is 0 Å². The van der Waals surface area contributed by atoms with E-state index in [0.29, 0.717) is 46.0 Å². The number of hydrogen-bond acceptors (Lipinski definition) is 8. The van der Waals surface area contributed by atoms with Crippen molar-refractivity contribution in [2.24, 2.45) is 5.73 Å². The lowest BCUT2D eigenvalue weighted by Crippen LogP contribution is -2.49. The van der Waals surface area contributed by atoms with Crippen LogP contribution in [0.1, 0.15) is 60.8 Å². The van der Waals surface area contributed by atoms with Gasteiger partial charge in [-0.15, -0.1) is 0 Å². The summed E-state index contributed by atoms with van der Waals surface area (Å²) in [4.78, 5) is 0.